The Kier molecular flexibility index (Phi) is 7.70. The second-order valence-corrected chi connectivity index (χ2v) is 6.41. The summed E-state index contributed by atoms with van der Waals surface area (Å²) in [4.78, 5) is 4.63. The summed E-state index contributed by atoms with van der Waals surface area (Å²) in [6.07, 6.45) is 5.23. The number of aliphatic hydroxyl groups excluding tert-OH is 1. The summed E-state index contributed by atoms with van der Waals surface area (Å²) >= 11 is 0. The number of aliphatic hydroxyl groups is 1. The molecule has 1 heterocycles. The predicted octanol–water partition coefficient (Wildman–Crippen LogP) is 1.75. The minimum Gasteiger partial charge on any atom is -0.396 e. The molecule has 0 radical (unpaired) electrons. The molecule has 2 fully saturated rings. The molecule has 21 heavy (non-hydrogen) atoms. The fourth-order valence-corrected chi connectivity index (χ4v) is 2.82. The van der Waals surface area contributed by atoms with Crippen molar-refractivity contribution in [3.05, 3.63) is 0 Å². The van der Waals surface area contributed by atoms with E-state index in [2.05, 4.69) is 29.5 Å². The van der Waals surface area contributed by atoms with Gasteiger partial charge in [-0.25, -0.2) is 0 Å². The number of ether oxygens (including phenoxy) is 1. The van der Waals surface area contributed by atoms with E-state index in [1.807, 2.05) is 0 Å². The summed E-state index contributed by atoms with van der Waals surface area (Å²) in [5.74, 6) is 0.868. The first-order valence-corrected chi connectivity index (χ1v) is 7.88. The topological polar surface area (TPSA) is 65.9 Å². The Labute approximate surface area is 145 Å². The third-order valence-electron chi connectivity index (χ3n) is 4.86. The molecular weight excluding hydrogens is 381 g/mol. The van der Waals surface area contributed by atoms with Crippen molar-refractivity contribution >= 4 is 29.9 Å². The molecule has 5 nitrogen and oxygen atoms in total. The molecule has 3 N–H and O–H groups in total. The average molecular weight is 411 g/mol. The van der Waals surface area contributed by atoms with Gasteiger partial charge in [0.2, 0.25) is 0 Å². The third-order valence-corrected chi connectivity index (χ3v) is 4.86. The standard InChI is InChI=1S/C15H29N3O2.HI/c1-3-14(6-5-7-14)8-17-13(16-4-2)18-9-15(10-19)11-20-12-15;/h19H,3-12H2,1-2H3,(H2,16,17,18);1H. The van der Waals surface area contributed by atoms with E-state index >= 15 is 0 Å². The summed E-state index contributed by atoms with van der Waals surface area (Å²) < 4.78 is 5.21. The first kappa shape index (κ1) is 19.0. The molecule has 1 saturated heterocycles. The fraction of sp³-hybridized carbons (Fsp3) is 0.933. The SMILES string of the molecule is CCNC(=NCC1(CO)COC1)NCC1(CC)CCC1.I. The van der Waals surface area contributed by atoms with Crippen LogP contribution in [0.2, 0.25) is 0 Å². The number of nitrogens with one attached hydrogen (secondary N) is 2. The van der Waals surface area contributed by atoms with Crippen molar-refractivity contribution in [1.29, 1.82) is 0 Å². The van der Waals surface area contributed by atoms with Gasteiger partial charge in [0, 0.05) is 13.1 Å². The van der Waals surface area contributed by atoms with Gasteiger partial charge in [-0.15, -0.1) is 24.0 Å². The van der Waals surface area contributed by atoms with Gasteiger partial charge in [-0.1, -0.05) is 13.3 Å². The van der Waals surface area contributed by atoms with E-state index in [-0.39, 0.29) is 36.0 Å². The molecule has 2 rings (SSSR count). The summed E-state index contributed by atoms with van der Waals surface area (Å²) in [7, 11) is 0. The fourth-order valence-electron chi connectivity index (χ4n) is 2.82. The number of hydrogen-bond acceptors (Lipinski definition) is 3. The number of halogens is 1. The van der Waals surface area contributed by atoms with Crippen LogP contribution in [-0.2, 0) is 4.74 Å². The molecule has 0 aromatic carbocycles. The average Bonchev–Trinajstić information content (AvgIpc) is 2.37. The molecule has 1 saturated carbocycles. The lowest BCUT2D eigenvalue weighted by Gasteiger charge is -2.42. The van der Waals surface area contributed by atoms with E-state index in [1.54, 1.807) is 0 Å². The molecule has 0 aromatic heterocycles. The van der Waals surface area contributed by atoms with Crippen LogP contribution in [0, 0.1) is 10.8 Å². The lowest BCUT2D eigenvalue weighted by Crippen LogP contribution is -2.50. The van der Waals surface area contributed by atoms with E-state index in [0.717, 1.165) is 19.0 Å². The van der Waals surface area contributed by atoms with Gasteiger partial charge in [0.05, 0.1) is 31.8 Å². The van der Waals surface area contributed by atoms with Crippen LogP contribution < -0.4 is 10.6 Å². The lowest BCUT2D eigenvalue weighted by molar-refractivity contribution is -0.130. The second kappa shape index (κ2) is 8.53. The van der Waals surface area contributed by atoms with Gasteiger partial charge in [-0.2, -0.15) is 0 Å². The molecule has 0 atom stereocenters. The van der Waals surface area contributed by atoms with Gasteiger partial charge in [0.1, 0.15) is 0 Å². The van der Waals surface area contributed by atoms with Crippen LogP contribution in [-0.4, -0.2) is 50.5 Å². The lowest BCUT2D eigenvalue weighted by atomic mass is 9.67. The summed E-state index contributed by atoms with van der Waals surface area (Å²) in [6.45, 7) is 8.21. The number of rotatable bonds is 7. The zero-order valence-electron chi connectivity index (χ0n) is 13.3. The van der Waals surface area contributed by atoms with Crippen LogP contribution in [0.5, 0.6) is 0 Å². The van der Waals surface area contributed by atoms with Gasteiger partial charge >= 0.3 is 0 Å². The smallest absolute Gasteiger partial charge is 0.191 e. The van der Waals surface area contributed by atoms with Crippen LogP contribution >= 0.6 is 24.0 Å². The van der Waals surface area contributed by atoms with Gasteiger partial charge < -0.3 is 20.5 Å². The highest BCUT2D eigenvalue weighted by Crippen LogP contribution is 2.43. The van der Waals surface area contributed by atoms with Crippen molar-refractivity contribution in [3.8, 4) is 0 Å². The molecule has 0 aromatic rings. The molecule has 1 aliphatic heterocycles. The highest BCUT2D eigenvalue weighted by molar-refractivity contribution is 14.0. The maximum atomic E-state index is 9.43. The first-order chi connectivity index (χ1) is 9.67. The van der Waals surface area contributed by atoms with Gasteiger partial charge in [0.15, 0.2) is 5.96 Å². The molecule has 0 bridgehead atoms. The van der Waals surface area contributed by atoms with E-state index in [4.69, 9.17) is 4.74 Å². The van der Waals surface area contributed by atoms with Crippen molar-refractivity contribution in [2.24, 2.45) is 15.8 Å². The van der Waals surface area contributed by atoms with Crippen molar-refractivity contribution < 1.29 is 9.84 Å². The van der Waals surface area contributed by atoms with Crippen LogP contribution in [0.15, 0.2) is 4.99 Å². The molecule has 0 unspecified atom stereocenters. The number of hydrogen-bond donors (Lipinski definition) is 3. The minimum absolute atomic E-state index is 0. The zero-order valence-corrected chi connectivity index (χ0v) is 15.6. The quantitative estimate of drug-likeness (QED) is 0.339. The zero-order chi connectivity index (χ0) is 14.5. The minimum atomic E-state index is -0.152. The Morgan fingerprint density at radius 3 is 2.29 bits per heavy atom. The van der Waals surface area contributed by atoms with Gasteiger partial charge in [-0.05, 0) is 31.6 Å². The largest absolute Gasteiger partial charge is 0.396 e. The maximum absolute atomic E-state index is 9.43. The van der Waals surface area contributed by atoms with Crippen molar-refractivity contribution in [1.82, 2.24) is 10.6 Å². The molecular formula is C15H30IN3O2. The Morgan fingerprint density at radius 1 is 1.19 bits per heavy atom. The van der Waals surface area contributed by atoms with Crippen LogP contribution in [0.25, 0.3) is 0 Å². The summed E-state index contributed by atoms with van der Waals surface area (Å²) in [5.41, 5.74) is 0.325. The second-order valence-electron chi connectivity index (χ2n) is 6.41. The Morgan fingerprint density at radius 2 is 1.90 bits per heavy atom. The maximum Gasteiger partial charge on any atom is 0.191 e. The highest BCUT2D eigenvalue weighted by atomic mass is 127. The van der Waals surface area contributed by atoms with Crippen LogP contribution in [0.1, 0.15) is 39.5 Å². The van der Waals surface area contributed by atoms with Gasteiger partial charge in [-0.3, -0.25) is 4.99 Å². The van der Waals surface area contributed by atoms with Crippen molar-refractivity contribution in [2.45, 2.75) is 39.5 Å². The number of guanidine groups is 1. The number of aliphatic imine (C=N–C) groups is 1. The Bertz CT molecular complexity index is 331. The first-order valence-electron chi connectivity index (χ1n) is 7.88. The number of nitrogens with zero attached hydrogens (tertiary/aromatic N) is 1. The molecule has 1 aliphatic carbocycles. The Hall–Kier alpha value is -0.0800. The van der Waals surface area contributed by atoms with Crippen LogP contribution in [0.4, 0.5) is 0 Å². The summed E-state index contributed by atoms with van der Waals surface area (Å²) in [6, 6.07) is 0. The molecule has 6 heteroatoms. The van der Waals surface area contributed by atoms with E-state index in [9.17, 15) is 5.11 Å². The predicted molar refractivity (Wildman–Crippen MR) is 96.3 cm³/mol. The van der Waals surface area contributed by atoms with Gasteiger partial charge in [0.25, 0.3) is 0 Å². The Balaban J connectivity index is 0.00000220. The highest BCUT2D eigenvalue weighted by Gasteiger charge is 2.38. The van der Waals surface area contributed by atoms with Crippen molar-refractivity contribution in [3.63, 3.8) is 0 Å². The molecule has 0 amide bonds. The summed E-state index contributed by atoms with van der Waals surface area (Å²) in [5, 5.41) is 16.2. The molecule has 0 spiro atoms. The van der Waals surface area contributed by atoms with Crippen LogP contribution in [0.3, 0.4) is 0 Å². The monoisotopic (exact) mass is 411 g/mol. The normalized spacial score (nSPS) is 22.5. The van der Waals surface area contributed by atoms with E-state index in [1.165, 1.54) is 25.7 Å². The van der Waals surface area contributed by atoms with E-state index < -0.39 is 0 Å². The molecule has 124 valence electrons. The third kappa shape index (κ3) is 4.69. The van der Waals surface area contributed by atoms with Crippen molar-refractivity contribution in [2.75, 3.05) is 39.5 Å². The molecule has 2 aliphatic rings. The van der Waals surface area contributed by atoms with E-state index in [0.29, 0.717) is 25.2 Å².